The highest BCUT2D eigenvalue weighted by atomic mass is 32.2. The lowest BCUT2D eigenvalue weighted by molar-refractivity contribution is 0.367. The van der Waals surface area contributed by atoms with E-state index in [2.05, 4.69) is 5.32 Å². The maximum Gasteiger partial charge on any atom is 0.217 e. The maximum atomic E-state index is 12.4. The minimum absolute atomic E-state index is 0.0994. The summed E-state index contributed by atoms with van der Waals surface area (Å²) in [6.45, 7) is 3.63. The van der Waals surface area contributed by atoms with Crippen LogP contribution in [0.5, 0.6) is 0 Å². The summed E-state index contributed by atoms with van der Waals surface area (Å²) >= 11 is 1.76. The number of rotatable bonds is 6. The molecule has 6 heteroatoms. The van der Waals surface area contributed by atoms with Gasteiger partial charge in [-0.15, -0.1) is 0 Å². The van der Waals surface area contributed by atoms with Crippen molar-refractivity contribution in [3.05, 3.63) is 0 Å². The van der Waals surface area contributed by atoms with Crippen molar-refractivity contribution < 1.29 is 8.42 Å². The van der Waals surface area contributed by atoms with Crippen LogP contribution in [-0.4, -0.2) is 56.2 Å². The monoisotopic (exact) mass is 280 g/mol. The first-order valence-corrected chi connectivity index (χ1v) is 9.06. The predicted octanol–water partition coefficient (Wildman–Crippen LogP) is 1.14. The largest absolute Gasteiger partial charge is 0.317 e. The molecule has 0 aromatic rings. The fourth-order valence-corrected chi connectivity index (χ4v) is 4.54. The van der Waals surface area contributed by atoms with E-state index in [0.29, 0.717) is 0 Å². The Morgan fingerprint density at radius 2 is 2.00 bits per heavy atom. The zero-order valence-electron chi connectivity index (χ0n) is 11.0. The quantitative estimate of drug-likeness (QED) is 0.793. The van der Waals surface area contributed by atoms with Gasteiger partial charge < -0.3 is 5.32 Å². The first-order chi connectivity index (χ1) is 8.00. The van der Waals surface area contributed by atoms with Gasteiger partial charge in [0.25, 0.3) is 0 Å². The molecule has 4 nitrogen and oxygen atoms in total. The third-order valence-electron chi connectivity index (χ3n) is 3.47. The Balaban J connectivity index is 2.61. The highest BCUT2D eigenvalue weighted by Gasteiger charge is 2.32. The lowest BCUT2D eigenvalue weighted by Gasteiger charge is -2.31. The van der Waals surface area contributed by atoms with Crippen molar-refractivity contribution in [1.82, 2.24) is 9.62 Å². The van der Waals surface area contributed by atoms with Crippen LogP contribution in [0.15, 0.2) is 0 Å². The molecule has 1 saturated heterocycles. The van der Waals surface area contributed by atoms with Crippen LogP contribution in [0.25, 0.3) is 0 Å². The molecule has 0 amide bonds. The molecule has 0 radical (unpaired) electrons. The van der Waals surface area contributed by atoms with E-state index < -0.39 is 10.0 Å². The number of hydrogen-bond acceptors (Lipinski definition) is 4. The van der Waals surface area contributed by atoms with Crippen LogP contribution < -0.4 is 5.32 Å². The molecule has 0 bridgehead atoms. The normalized spacial score (nSPS) is 20.7. The standard InChI is InChI=1S/C11H24N2O2S2/c1-10(6-9-16-3)13(2)17(14,15)11-4-7-12-8-5-11/h10-12H,4-9H2,1-3H3. The molecule has 1 aliphatic heterocycles. The third-order valence-corrected chi connectivity index (χ3v) is 6.59. The van der Waals surface area contributed by atoms with Crippen molar-refractivity contribution in [2.45, 2.75) is 37.5 Å². The summed E-state index contributed by atoms with van der Waals surface area (Å²) in [5.41, 5.74) is 0. The molecule has 0 aromatic carbocycles. The van der Waals surface area contributed by atoms with E-state index in [4.69, 9.17) is 0 Å². The molecule has 0 spiro atoms. The Kier molecular flexibility index (Phi) is 6.26. The Labute approximate surface area is 110 Å². The van der Waals surface area contributed by atoms with Crippen molar-refractivity contribution >= 4 is 21.8 Å². The van der Waals surface area contributed by atoms with E-state index in [1.54, 1.807) is 23.1 Å². The lowest BCUT2D eigenvalue weighted by atomic mass is 10.2. The average molecular weight is 280 g/mol. The Bertz CT molecular complexity index is 313. The molecule has 0 aromatic heterocycles. The number of piperidine rings is 1. The van der Waals surface area contributed by atoms with Gasteiger partial charge in [-0.05, 0) is 51.3 Å². The zero-order chi connectivity index (χ0) is 12.9. The van der Waals surface area contributed by atoms with Gasteiger partial charge >= 0.3 is 0 Å². The molecule has 1 rings (SSSR count). The topological polar surface area (TPSA) is 49.4 Å². The van der Waals surface area contributed by atoms with E-state index in [9.17, 15) is 8.42 Å². The second-order valence-electron chi connectivity index (χ2n) is 4.64. The summed E-state index contributed by atoms with van der Waals surface area (Å²) in [6.07, 6.45) is 4.44. The van der Waals surface area contributed by atoms with Crippen molar-refractivity contribution in [3.63, 3.8) is 0 Å². The first-order valence-electron chi connectivity index (χ1n) is 6.16. The van der Waals surface area contributed by atoms with Crippen LogP contribution in [-0.2, 0) is 10.0 Å². The van der Waals surface area contributed by atoms with E-state index in [1.165, 1.54) is 0 Å². The summed E-state index contributed by atoms with van der Waals surface area (Å²) < 4.78 is 26.3. The fourth-order valence-electron chi connectivity index (χ4n) is 2.05. The Hall–Kier alpha value is 0.220. The van der Waals surface area contributed by atoms with E-state index in [-0.39, 0.29) is 11.3 Å². The highest BCUT2D eigenvalue weighted by Crippen LogP contribution is 2.20. The lowest BCUT2D eigenvalue weighted by Crippen LogP contribution is -2.45. The summed E-state index contributed by atoms with van der Waals surface area (Å²) in [5, 5.41) is 3.01. The van der Waals surface area contributed by atoms with Gasteiger partial charge in [0.1, 0.15) is 0 Å². The van der Waals surface area contributed by atoms with Crippen molar-refractivity contribution in [3.8, 4) is 0 Å². The molecule has 1 unspecified atom stereocenters. The second kappa shape index (κ2) is 6.97. The first kappa shape index (κ1) is 15.3. The number of hydrogen-bond donors (Lipinski definition) is 1. The minimum atomic E-state index is -3.11. The summed E-state index contributed by atoms with van der Waals surface area (Å²) in [4.78, 5) is 0. The van der Waals surface area contributed by atoms with Gasteiger partial charge in [0.2, 0.25) is 10.0 Å². The molecule has 1 aliphatic rings. The van der Waals surface area contributed by atoms with E-state index >= 15 is 0 Å². The van der Waals surface area contributed by atoms with E-state index in [0.717, 1.165) is 38.1 Å². The van der Waals surface area contributed by atoms with Crippen molar-refractivity contribution in [2.75, 3.05) is 32.1 Å². The van der Waals surface area contributed by atoms with Gasteiger partial charge in [0.15, 0.2) is 0 Å². The van der Waals surface area contributed by atoms with Gasteiger partial charge in [-0.25, -0.2) is 12.7 Å². The molecule has 1 atom stereocenters. The van der Waals surface area contributed by atoms with Crippen LogP contribution in [0.3, 0.4) is 0 Å². The van der Waals surface area contributed by atoms with Gasteiger partial charge in [0.05, 0.1) is 5.25 Å². The minimum Gasteiger partial charge on any atom is -0.317 e. The summed E-state index contributed by atoms with van der Waals surface area (Å²) in [6, 6.07) is 0.0994. The van der Waals surface area contributed by atoms with Crippen LogP contribution >= 0.6 is 11.8 Å². The third kappa shape index (κ3) is 4.12. The number of nitrogens with one attached hydrogen (secondary N) is 1. The predicted molar refractivity (Wildman–Crippen MR) is 75.0 cm³/mol. The van der Waals surface area contributed by atoms with Crippen molar-refractivity contribution in [2.24, 2.45) is 0 Å². The highest BCUT2D eigenvalue weighted by molar-refractivity contribution is 7.98. The van der Waals surface area contributed by atoms with Crippen LogP contribution in [0.2, 0.25) is 0 Å². The molecule has 1 fully saturated rings. The molecular weight excluding hydrogens is 256 g/mol. The fraction of sp³-hybridized carbons (Fsp3) is 1.00. The number of thioether (sulfide) groups is 1. The Morgan fingerprint density at radius 1 is 1.41 bits per heavy atom. The maximum absolute atomic E-state index is 12.4. The summed E-state index contributed by atoms with van der Waals surface area (Å²) in [5.74, 6) is 1.01. The van der Waals surface area contributed by atoms with Crippen molar-refractivity contribution in [1.29, 1.82) is 0 Å². The molecule has 0 saturated carbocycles. The van der Waals surface area contributed by atoms with Crippen LogP contribution in [0.4, 0.5) is 0 Å². The summed E-state index contributed by atoms with van der Waals surface area (Å²) in [7, 11) is -1.38. The molecule has 1 N–H and O–H groups in total. The molecular formula is C11H24N2O2S2. The zero-order valence-corrected chi connectivity index (χ0v) is 12.6. The number of sulfonamides is 1. The molecule has 17 heavy (non-hydrogen) atoms. The SMILES string of the molecule is CSCCC(C)N(C)S(=O)(=O)C1CCNCC1. The second-order valence-corrected chi connectivity index (χ2v) is 7.90. The van der Waals surface area contributed by atoms with Gasteiger partial charge in [-0.2, -0.15) is 11.8 Å². The van der Waals surface area contributed by atoms with Gasteiger partial charge in [-0.3, -0.25) is 0 Å². The molecule has 102 valence electrons. The smallest absolute Gasteiger partial charge is 0.217 e. The van der Waals surface area contributed by atoms with Crippen LogP contribution in [0.1, 0.15) is 26.2 Å². The Morgan fingerprint density at radius 3 is 2.53 bits per heavy atom. The van der Waals surface area contributed by atoms with E-state index in [1.807, 2.05) is 13.2 Å². The van der Waals surface area contributed by atoms with Crippen LogP contribution in [0, 0.1) is 0 Å². The average Bonchev–Trinajstić information content (AvgIpc) is 2.36. The van der Waals surface area contributed by atoms with Gasteiger partial charge in [-0.1, -0.05) is 0 Å². The molecule has 1 heterocycles. The van der Waals surface area contributed by atoms with Gasteiger partial charge in [0, 0.05) is 13.1 Å². The molecule has 0 aliphatic carbocycles. The number of nitrogens with zero attached hydrogens (tertiary/aromatic N) is 1.